The summed E-state index contributed by atoms with van der Waals surface area (Å²) in [5.41, 5.74) is 0. The van der Waals surface area contributed by atoms with Crippen molar-refractivity contribution in [2.24, 2.45) is 5.92 Å². The number of nitrogens with zero attached hydrogens (tertiary/aromatic N) is 1. The lowest BCUT2D eigenvalue weighted by molar-refractivity contribution is 0.336. The van der Waals surface area contributed by atoms with Gasteiger partial charge in [-0.3, -0.25) is 0 Å². The van der Waals surface area contributed by atoms with Crippen LogP contribution in [0.15, 0.2) is 0 Å². The lowest BCUT2D eigenvalue weighted by Gasteiger charge is -2.15. The summed E-state index contributed by atoms with van der Waals surface area (Å²) < 4.78 is 0. The molecule has 74 valence electrons. The topological polar surface area (TPSA) is 3.24 Å². The number of rotatable bonds is 7. The van der Waals surface area contributed by atoms with Crippen LogP contribution < -0.4 is 0 Å². The molecule has 0 N–H and O–H groups in total. The van der Waals surface area contributed by atoms with Gasteiger partial charge in [-0.15, -0.1) is 0 Å². The van der Waals surface area contributed by atoms with Crippen LogP contribution in [-0.4, -0.2) is 36.7 Å². The molecule has 0 atom stereocenters. The van der Waals surface area contributed by atoms with Crippen molar-refractivity contribution in [3.05, 3.63) is 0 Å². The van der Waals surface area contributed by atoms with Crippen molar-refractivity contribution < 1.29 is 0 Å². The van der Waals surface area contributed by atoms with Gasteiger partial charge in [0.1, 0.15) is 0 Å². The van der Waals surface area contributed by atoms with Crippen molar-refractivity contribution in [3.8, 4) is 0 Å². The van der Waals surface area contributed by atoms with Gasteiger partial charge in [0.25, 0.3) is 0 Å². The first kappa shape index (κ1) is 12.2. The van der Waals surface area contributed by atoms with E-state index in [-0.39, 0.29) is 0 Å². The number of hydrogen-bond acceptors (Lipinski definition) is 1. The zero-order valence-electron chi connectivity index (χ0n) is 8.71. The summed E-state index contributed by atoms with van der Waals surface area (Å²) in [5, 5.41) is 0. The van der Waals surface area contributed by atoms with E-state index in [1.165, 1.54) is 43.0 Å². The predicted octanol–water partition coefficient (Wildman–Crippen LogP) is 2.25. The van der Waals surface area contributed by atoms with Gasteiger partial charge in [-0.2, -0.15) is 0 Å². The molecule has 0 unspecified atom stereocenters. The maximum atomic E-state index is 3.81. The van der Waals surface area contributed by atoms with E-state index in [9.17, 15) is 0 Å². The Balaban J connectivity index is 3.18. The minimum atomic E-state index is 0.851. The largest absolute Gasteiger partial charge is 0.306 e. The predicted molar refractivity (Wildman–Crippen MR) is 62.5 cm³/mol. The van der Waals surface area contributed by atoms with Gasteiger partial charge in [0.15, 0.2) is 0 Å². The van der Waals surface area contributed by atoms with Gasteiger partial charge in [-0.1, -0.05) is 19.7 Å². The van der Waals surface area contributed by atoms with Crippen molar-refractivity contribution in [2.45, 2.75) is 26.7 Å². The van der Waals surface area contributed by atoms with Gasteiger partial charge < -0.3 is 4.90 Å². The fraction of sp³-hybridized carbons (Fsp3) is 0.900. The van der Waals surface area contributed by atoms with Gasteiger partial charge in [0, 0.05) is 6.54 Å². The molecule has 0 aromatic rings. The van der Waals surface area contributed by atoms with Gasteiger partial charge in [0.05, 0.1) is 0 Å². The Morgan fingerprint density at radius 2 is 2.00 bits per heavy atom. The molecular formula is C10H23NS. The Morgan fingerprint density at radius 1 is 1.33 bits per heavy atom. The standard InChI is InChI=1S/C10H23NS/c1-10(2)6-5-7-11(3)8-9-12-4/h10,12H,4-9H2,1-3H3. The Bertz CT molecular complexity index is 112. The second kappa shape index (κ2) is 7.81. The molecule has 0 aliphatic carbocycles. The van der Waals surface area contributed by atoms with Crippen LogP contribution in [0.5, 0.6) is 0 Å². The van der Waals surface area contributed by atoms with Crippen molar-refractivity contribution >= 4 is 17.2 Å². The average Bonchev–Trinajstić information content (AvgIpc) is 2.00. The summed E-state index contributed by atoms with van der Waals surface area (Å²) >= 11 is 1.27. The maximum absolute atomic E-state index is 3.81. The minimum Gasteiger partial charge on any atom is -0.306 e. The zero-order valence-corrected chi connectivity index (χ0v) is 9.61. The third-order valence-electron chi connectivity index (χ3n) is 1.96. The second-order valence-electron chi connectivity index (χ2n) is 3.79. The molecule has 0 spiro atoms. The number of hydrogen-bond donors (Lipinski definition) is 1. The highest BCUT2D eigenvalue weighted by Gasteiger charge is 1.97. The summed E-state index contributed by atoms with van der Waals surface area (Å²) in [6.07, 6.45) is 2.69. The summed E-state index contributed by atoms with van der Waals surface area (Å²) in [6, 6.07) is 0. The SMILES string of the molecule is C=[SH]CCN(C)CCCC(C)C. The molecule has 0 rings (SSSR count). The molecule has 0 aromatic carbocycles. The van der Waals surface area contributed by atoms with Crippen LogP contribution in [0.3, 0.4) is 0 Å². The van der Waals surface area contributed by atoms with E-state index in [1.54, 1.807) is 0 Å². The molecule has 0 fully saturated rings. The molecule has 0 radical (unpaired) electrons. The van der Waals surface area contributed by atoms with Crippen molar-refractivity contribution in [3.63, 3.8) is 0 Å². The summed E-state index contributed by atoms with van der Waals surface area (Å²) in [7, 11) is 2.20. The molecule has 0 amide bonds. The fourth-order valence-electron chi connectivity index (χ4n) is 1.12. The maximum Gasteiger partial charge on any atom is 0.00622 e. The van der Waals surface area contributed by atoms with E-state index in [0.717, 1.165) is 5.92 Å². The van der Waals surface area contributed by atoms with E-state index in [1.807, 2.05) is 0 Å². The quantitative estimate of drug-likeness (QED) is 0.475. The monoisotopic (exact) mass is 189 g/mol. The van der Waals surface area contributed by atoms with E-state index in [2.05, 4.69) is 31.7 Å². The van der Waals surface area contributed by atoms with Crippen LogP contribution >= 0.6 is 11.4 Å². The van der Waals surface area contributed by atoms with Crippen molar-refractivity contribution in [1.82, 2.24) is 4.90 Å². The van der Waals surface area contributed by atoms with E-state index in [4.69, 9.17) is 0 Å². The minimum absolute atomic E-state index is 0.851. The van der Waals surface area contributed by atoms with Gasteiger partial charge in [0.2, 0.25) is 0 Å². The lowest BCUT2D eigenvalue weighted by Crippen LogP contribution is -2.22. The normalized spacial score (nSPS) is 11.4. The molecule has 1 nitrogen and oxygen atoms in total. The van der Waals surface area contributed by atoms with E-state index >= 15 is 0 Å². The van der Waals surface area contributed by atoms with Crippen LogP contribution in [0.25, 0.3) is 0 Å². The highest BCUT2D eigenvalue weighted by atomic mass is 32.1. The molecule has 12 heavy (non-hydrogen) atoms. The van der Waals surface area contributed by atoms with Gasteiger partial charge in [-0.25, -0.2) is 11.4 Å². The Hall–Kier alpha value is 0.180. The molecule has 0 aliphatic rings. The second-order valence-corrected chi connectivity index (χ2v) is 4.68. The molecule has 0 saturated carbocycles. The first-order valence-corrected chi connectivity index (χ1v) is 6.04. The summed E-state index contributed by atoms with van der Waals surface area (Å²) in [5.74, 6) is 5.87. The average molecular weight is 189 g/mol. The Labute approximate surface area is 81.1 Å². The van der Waals surface area contributed by atoms with Crippen LogP contribution in [0.2, 0.25) is 0 Å². The number of thiol groups is 1. The molecule has 0 bridgehead atoms. The van der Waals surface area contributed by atoms with Crippen molar-refractivity contribution in [1.29, 1.82) is 0 Å². The van der Waals surface area contributed by atoms with Crippen LogP contribution in [-0.2, 0) is 0 Å². The third-order valence-corrected chi connectivity index (χ3v) is 2.48. The fourth-order valence-corrected chi connectivity index (χ4v) is 1.61. The van der Waals surface area contributed by atoms with Gasteiger partial charge in [-0.05, 0) is 38.1 Å². The molecule has 0 heterocycles. The highest BCUT2D eigenvalue weighted by Crippen LogP contribution is 2.03. The van der Waals surface area contributed by atoms with Gasteiger partial charge >= 0.3 is 0 Å². The smallest absolute Gasteiger partial charge is 0.00622 e. The molecule has 0 aliphatic heterocycles. The Kier molecular flexibility index (Phi) is 7.93. The highest BCUT2D eigenvalue weighted by molar-refractivity contribution is 7.96. The molecule has 0 saturated heterocycles. The zero-order chi connectivity index (χ0) is 9.40. The first-order valence-electron chi connectivity index (χ1n) is 4.78. The molecule has 2 heteroatoms. The molecular weight excluding hydrogens is 166 g/mol. The van der Waals surface area contributed by atoms with E-state index in [0.29, 0.717) is 0 Å². The molecule has 0 aromatic heterocycles. The summed E-state index contributed by atoms with van der Waals surface area (Å²) in [6.45, 7) is 7.01. The van der Waals surface area contributed by atoms with Crippen LogP contribution in [0.4, 0.5) is 0 Å². The van der Waals surface area contributed by atoms with Crippen LogP contribution in [0.1, 0.15) is 26.7 Å². The summed E-state index contributed by atoms with van der Waals surface area (Å²) in [4.78, 5) is 2.40. The van der Waals surface area contributed by atoms with Crippen LogP contribution in [0, 0.1) is 5.92 Å². The third kappa shape index (κ3) is 8.28. The lowest BCUT2D eigenvalue weighted by atomic mass is 10.1. The first-order chi connectivity index (χ1) is 5.66. The van der Waals surface area contributed by atoms with Crippen molar-refractivity contribution in [2.75, 3.05) is 25.9 Å². The Morgan fingerprint density at radius 3 is 2.50 bits per heavy atom. The van der Waals surface area contributed by atoms with E-state index < -0.39 is 0 Å².